The standard InChI is InChI=1S/C11H23NO/c1-10(13)6-5-8-12-9-7-11(2,3)4/h12H,5-9H2,1-4H3. The van der Waals surface area contributed by atoms with Crippen molar-refractivity contribution in [3.8, 4) is 0 Å². The summed E-state index contributed by atoms with van der Waals surface area (Å²) in [4.78, 5) is 10.6. The molecular formula is C11H23NO. The Bertz CT molecular complexity index is 147. The molecule has 0 aromatic carbocycles. The Hall–Kier alpha value is -0.370. The molecule has 0 aromatic rings. The minimum Gasteiger partial charge on any atom is -0.317 e. The number of carbonyl (C=O) groups excluding carboxylic acids is 1. The highest BCUT2D eigenvalue weighted by atomic mass is 16.1. The van der Waals surface area contributed by atoms with E-state index in [0.29, 0.717) is 11.8 Å². The fourth-order valence-corrected chi connectivity index (χ4v) is 1.05. The lowest BCUT2D eigenvalue weighted by Crippen LogP contribution is -2.21. The van der Waals surface area contributed by atoms with Crippen LogP contribution in [0.3, 0.4) is 0 Å². The zero-order valence-electron chi connectivity index (χ0n) is 9.44. The monoisotopic (exact) mass is 185 g/mol. The van der Waals surface area contributed by atoms with Crippen molar-refractivity contribution in [3.63, 3.8) is 0 Å². The van der Waals surface area contributed by atoms with Crippen LogP contribution < -0.4 is 5.32 Å². The van der Waals surface area contributed by atoms with Gasteiger partial charge < -0.3 is 10.1 Å². The van der Waals surface area contributed by atoms with Crippen molar-refractivity contribution in [2.75, 3.05) is 13.1 Å². The minimum absolute atomic E-state index is 0.289. The van der Waals surface area contributed by atoms with Crippen LogP contribution in [0, 0.1) is 5.41 Å². The second-order valence-electron chi connectivity index (χ2n) is 4.87. The number of carbonyl (C=O) groups is 1. The molecule has 0 atom stereocenters. The first-order valence-electron chi connectivity index (χ1n) is 5.12. The molecule has 0 fully saturated rings. The van der Waals surface area contributed by atoms with E-state index < -0.39 is 0 Å². The van der Waals surface area contributed by atoms with Crippen molar-refractivity contribution >= 4 is 5.78 Å². The number of nitrogens with one attached hydrogen (secondary N) is 1. The maximum Gasteiger partial charge on any atom is 0.129 e. The Labute approximate surface area is 82.1 Å². The summed E-state index contributed by atoms with van der Waals surface area (Å²) in [6.45, 7) is 10.4. The average molecular weight is 185 g/mol. The van der Waals surface area contributed by atoms with E-state index in [4.69, 9.17) is 0 Å². The van der Waals surface area contributed by atoms with Crippen molar-refractivity contribution in [1.29, 1.82) is 0 Å². The number of hydrogen-bond acceptors (Lipinski definition) is 2. The predicted octanol–water partition coefficient (Wildman–Crippen LogP) is 2.38. The SMILES string of the molecule is CC(=O)CCCNCCC(C)(C)C. The van der Waals surface area contributed by atoms with Gasteiger partial charge in [0.15, 0.2) is 0 Å². The summed E-state index contributed by atoms with van der Waals surface area (Å²) in [6.07, 6.45) is 2.87. The van der Waals surface area contributed by atoms with Gasteiger partial charge in [0.2, 0.25) is 0 Å². The molecule has 0 aromatic heterocycles. The number of ketones is 1. The van der Waals surface area contributed by atoms with Gasteiger partial charge in [0.1, 0.15) is 5.78 Å². The maximum atomic E-state index is 10.6. The molecule has 0 aliphatic carbocycles. The van der Waals surface area contributed by atoms with E-state index in [1.807, 2.05) is 0 Å². The maximum absolute atomic E-state index is 10.6. The third-order valence-electron chi connectivity index (χ3n) is 1.93. The highest BCUT2D eigenvalue weighted by Crippen LogP contribution is 2.16. The Kier molecular flexibility index (Phi) is 5.97. The zero-order valence-corrected chi connectivity index (χ0v) is 9.44. The molecule has 0 spiro atoms. The third kappa shape index (κ3) is 11.6. The molecule has 1 N–H and O–H groups in total. The quantitative estimate of drug-likeness (QED) is 0.644. The van der Waals surface area contributed by atoms with Crippen LogP contribution in [0.4, 0.5) is 0 Å². The van der Waals surface area contributed by atoms with Gasteiger partial charge in [-0.3, -0.25) is 0 Å². The van der Waals surface area contributed by atoms with Crippen LogP contribution in [-0.4, -0.2) is 18.9 Å². The summed E-state index contributed by atoms with van der Waals surface area (Å²) < 4.78 is 0. The fraction of sp³-hybridized carbons (Fsp3) is 0.909. The van der Waals surface area contributed by atoms with Gasteiger partial charge in [-0.1, -0.05) is 20.8 Å². The second kappa shape index (κ2) is 6.14. The van der Waals surface area contributed by atoms with Gasteiger partial charge in [0.25, 0.3) is 0 Å². The van der Waals surface area contributed by atoms with Crippen LogP contribution >= 0.6 is 0 Å². The van der Waals surface area contributed by atoms with E-state index in [1.54, 1.807) is 6.92 Å². The average Bonchev–Trinajstić information content (AvgIpc) is 1.93. The fourth-order valence-electron chi connectivity index (χ4n) is 1.05. The van der Waals surface area contributed by atoms with Crippen molar-refractivity contribution in [3.05, 3.63) is 0 Å². The van der Waals surface area contributed by atoms with Gasteiger partial charge in [-0.05, 0) is 38.3 Å². The van der Waals surface area contributed by atoms with E-state index >= 15 is 0 Å². The number of rotatable bonds is 6. The van der Waals surface area contributed by atoms with Crippen LogP contribution in [0.15, 0.2) is 0 Å². The predicted molar refractivity (Wildman–Crippen MR) is 56.9 cm³/mol. The highest BCUT2D eigenvalue weighted by molar-refractivity contribution is 5.75. The van der Waals surface area contributed by atoms with Gasteiger partial charge in [-0.2, -0.15) is 0 Å². The smallest absolute Gasteiger partial charge is 0.129 e. The van der Waals surface area contributed by atoms with E-state index in [9.17, 15) is 4.79 Å². The Balaban J connectivity index is 3.13. The van der Waals surface area contributed by atoms with Crippen molar-refractivity contribution in [1.82, 2.24) is 5.32 Å². The van der Waals surface area contributed by atoms with Crippen LogP contribution in [0.2, 0.25) is 0 Å². The molecule has 0 radical (unpaired) electrons. The zero-order chi connectivity index (χ0) is 10.3. The topological polar surface area (TPSA) is 29.1 Å². The van der Waals surface area contributed by atoms with Crippen LogP contribution in [0.5, 0.6) is 0 Å². The molecule has 0 amide bonds. The molecule has 0 unspecified atom stereocenters. The lowest BCUT2D eigenvalue weighted by Gasteiger charge is -2.17. The molecule has 0 bridgehead atoms. The Morgan fingerprint density at radius 1 is 1.23 bits per heavy atom. The number of Topliss-reactive ketones (excluding diaryl/α,β-unsaturated/α-hetero) is 1. The van der Waals surface area contributed by atoms with Crippen LogP contribution in [0.1, 0.15) is 47.0 Å². The molecule has 2 heteroatoms. The van der Waals surface area contributed by atoms with E-state index in [-0.39, 0.29) is 5.78 Å². The largest absolute Gasteiger partial charge is 0.317 e. The summed E-state index contributed by atoms with van der Waals surface area (Å²) in [5.41, 5.74) is 0.410. The van der Waals surface area contributed by atoms with Crippen molar-refractivity contribution < 1.29 is 4.79 Å². The normalized spacial score (nSPS) is 11.7. The molecule has 0 saturated heterocycles. The molecule has 0 saturated carbocycles. The molecule has 0 heterocycles. The lowest BCUT2D eigenvalue weighted by molar-refractivity contribution is -0.117. The summed E-state index contributed by atoms with van der Waals surface area (Å²) in [5, 5.41) is 3.35. The van der Waals surface area contributed by atoms with E-state index in [0.717, 1.165) is 19.5 Å². The van der Waals surface area contributed by atoms with E-state index in [1.165, 1.54) is 6.42 Å². The molecule has 2 nitrogen and oxygen atoms in total. The summed E-state index contributed by atoms with van der Waals surface area (Å²) in [5.74, 6) is 0.289. The first kappa shape index (κ1) is 12.6. The highest BCUT2D eigenvalue weighted by Gasteiger charge is 2.08. The van der Waals surface area contributed by atoms with E-state index in [2.05, 4.69) is 26.1 Å². The molecule has 0 aliphatic heterocycles. The molecule has 0 aliphatic rings. The lowest BCUT2D eigenvalue weighted by atomic mass is 9.92. The van der Waals surface area contributed by atoms with Gasteiger partial charge in [-0.25, -0.2) is 0 Å². The summed E-state index contributed by atoms with van der Waals surface area (Å²) in [7, 11) is 0. The van der Waals surface area contributed by atoms with Gasteiger partial charge in [-0.15, -0.1) is 0 Å². The first-order chi connectivity index (χ1) is 5.92. The van der Waals surface area contributed by atoms with Crippen LogP contribution in [0.25, 0.3) is 0 Å². The van der Waals surface area contributed by atoms with Gasteiger partial charge >= 0.3 is 0 Å². The second-order valence-corrected chi connectivity index (χ2v) is 4.87. The summed E-state index contributed by atoms with van der Waals surface area (Å²) in [6, 6.07) is 0. The van der Waals surface area contributed by atoms with Crippen molar-refractivity contribution in [2.24, 2.45) is 5.41 Å². The number of hydrogen-bond donors (Lipinski definition) is 1. The molecule has 13 heavy (non-hydrogen) atoms. The third-order valence-corrected chi connectivity index (χ3v) is 1.93. The molecule has 78 valence electrons. The summed E-state index contributed by atoms with van der Waals surface area (Å²) >= 11 is 0. The van der Waals surface area contributed by atoms with Gasteiger partial charge in [0, 0.05) is 6.42 Å². The molecular weight excluding hydrogens is 162 g/mol. The molecule has 0 rings (SSSR count). The van der Waals surface area contributed by atoms with Gasteiger partial charge in [0.05, 0.1) is 0 Å². The Morgan fingerprint density at radius 3 is 2.31 bits per heavy atom. The van der Waals surface area contributed by atoms with Crippen molar-refractivity contribution in [2.45, 2.75) is 47.0 Å². The first-order valence-corrected chi connectivity index (χ1v) is 5.12. The van der Waals surface area contributed by atoms with Crippen LogP contribution in [-0.2, 0) is 4.79 Å². The minimum atomic E-state index is 0.289. The Morgan fingerprint density at radius 2 is 1.85 bits per heavy atom.